The molecule has 0 unspecified atom stereocenters. The Hall–Kier alpha value is -1.99. The molecule has 0 heterocycles. The summed E-state index contributed by atoms with van der Waals surface area (Å²) in [5.74, 6) is 0. The fraction of sp³-hybridized carbons (Fsp3) is 0.100. The van der Waals surface area contributed by atoms with Crippen molar-refractivity contribution in [2.24, 2.45) is 0 Å². The van der Waals surface area contributed by atoms with Crippen molar-refractivity contribution in [1.82, 2.24) is 0 Å². The molecule has 0 saturated heterocycles. The van der Waals surface area contributed by atoms with Gasteiger partial charge in [-0.05, 0) is 29.2 Å². The Morgan fingerprint density at radius 2 is 1.05 bits per heavy atom. The zero-order valence-corrected chi connectivity index (χ0v) is 13.1. The SMILES string of the molecule is CCc1ccccc1S.c1ccc(-c2ccccc2)cc1. The van der Waals surface area contributed by atoms with Crippen LogP contribution in [0.5, 0.6) is 0 Å². The van der Waals surface area contributed by atoms with Crippen LogP contribution in [0.1, 0.15) is 12.5 Å². The van der Waals surface area contributed by atoms with Crippen LogP contribution in [-0.4, -0.2) is 0 Å². The summed E-state index contributed by atoms with van der Waals surface area (Å²) in [5.41, 5.74) is 3.87. The van der Waals surface area contributed by atoms with Gasteiger partial charge >= 0.3 is 0 Å². The molecule has 0 spiro atoms. The third-order valence-corrected chi connectivity index (χ3v) is 3.69. The van der Waals surface area contributed by atoms with Crippen molar-refractivity contribution in [2.75, 3.05) is 0 Å². The minimum absolute atomic E-state index is 1.07. The molecule has 1 heteroatoms. The number of aryl methyl sites for hydroxylation is 1. The van der Waals surface area contributed by atoms with Gasteiger partial charge in [0.1, 0.15) is 0 Å². The smallest absolute Gasteiger partial charge is 0.00719 e. The van der Waals surface area contributed by atoms with E-state index < -0.39 is 0 Å². The lowest BCUT2D eigenvalue weighted by Gasteiger charge is -1.98. The van der Waals surface area contributed by atoms with Crippen molar-refractivity contribution >= 4 is 12.6 Å². The highest BCUT2D eigenvalue weighted by Gasteiger charge is 1.92. The second-order valence-corrected chi connectivity index (χ2v) is 5.20. The first-order valence-corrected chi connectivity index (χ1v) is 7.63. The van der Waals surface area contributed by atoms with E-state index in [-0.39, 0.29) is 0 Å². The van der Waals surface area contributed by atoms with Gasteiger partial charge in [0.25, 0.3) is 0 Å². The van der Waals surface area contributed by atoms with Crippen LogP contribution in [0.15, 0.2) is 89.8 Å². The molecule has 0 aliphatic carbocycles. The Kier molecular flexibility index (Phi) is 6.11. The lowest BCUT2D eigenvalue weighted by Crippen LogP contribution is -1.79. The highest BCUT2D eigenvalue weighted by Crippen LogP contribution is 2.17. The van der Waals surface area contributed by atoms with E-state index in [0.29, 0.717) is 0 Å². The standard InChI is InChI=1S/C12H10.C8H10S/c1-3-7-11(8-4-1)12-9-5-2-6-10-12;1-2-7-5-3-4-6-8(7)9/h1-10H;3-6,9H,2H2,1H3. The minimum atomic E-state index is 1.07. The molecule has 0 aromatic heterocycles. The molecule has 0 amide bonds. The maximum absolute atomic E-state index is 4.28. The normalized spacial score (nSPS) is 9.62. The molecule has 0 bridgehead atoms. The van der Waals surface area contributed by atoms with Crippen molar-refractivity contribution < 1.29 is 0 Å². The average Bonchev–Trinajstić information content (AvgIpc) is 2.58. The van der Waals surface area contributed by atoms with Crippen molar-refractivity contribution in [2.45, 2.75) is 18.2 Å². The Morgan fingerprint density at radius 3 is 1.43 bits per heavy atom. The predicted octanol–water partition coefficient (Wildman–Crippen LogP) is 5.89. The molecule has 0 radical (unpaired) electrons. The van der Waals surface area contributed by atoms with Crippen molar-refractivity contribution in [3.63, 3.8) is 0 Å². The first-order valence-electron chi connectivity index (χ1n) is 7.18. The maximum Gasteiger partial charge on any atom is 0.00719 e. The molecule has 3 aromatic carbocycles. The third kappa shape index (κ3) is 4.80. The van der Waals surface area contributed by atoms with Gasteiger partial charge in [0.15, 0.2) is 0 Å². The highest BCUT2D eigenvalue weighted by atomic mass is 32.1. The topological polar surface area (TPSA) is 0 Å². The Labute approximate surface area is 132 Å². The van der Waals surface area contributed by atoms with Crippen molar-refractivity contribution in [3.05, 3.63) is 90.5 Å². The van der Waals surface area contributed by atoms with Crippen LogP contribution in [0.25, 0.3) is 11.1 Å². The van der Waals surface area contributed by atoms with Gasteiger partial charge in [0.05, 0.1) is 0 Å². The number of rotatable bonds is 2. The summed E-state index contributed by atoms with van der Waals surface area (Å²) in [4.78, 5) is 1.10. The third-order valence-electron chi connectivity index (χ3n) is 3.25. The van der Waals surface area contributed by atoms with Crippen LogP contribution in [0.2, 0.25) is 0 Å². The highest BCUT2D eigenvalue weighted by molar-refractivity contribution is 7.80. The van der Waals surface area contributed by atoms with E-state index in [1.165, 1.54) is 16.7 Å². The fourth-order valence-electron chi connectivity index (χ4n) is 2.07. The zero-order chi connectivity index (χ0) is 14.9. The van der Waals surface area contributed by atoms with E-state index in [9.17, 15) is 0 Å². The molecule has 3 rings (SSSR count). The van der Waals surface area contributed by atoms with E-state index in [1.54, 1.807) is 0 Å². The predicted molar refractivity (Wildman–Crippen MR) is 95.0 cm³/mol. The lowest BCUT2D eigenvalue weighted by atomic mass is 10.1. The monoisotopic (exact) mass is 292 g/mol. The van der Waals surface area contributed by atoms with Gasteiger partial charge in [0, 0.05) is 4.90 Å². The quantitative estimate of drug-likeness (QED) is 0.559. The average molecular weight is 292 g/mol. The number of thiol groups is 1. The first-order chi connectivity index (χ1) is 10.3. The van der Waals surface area contributed by atoms with Gasteiger partial charge in [0.2, 0.25) is 0 Å². The van der Waals surface area contributed by atoms with Gasteiger partial charge in [-0.15, -0.1) is 12.6 Å². The molecule has 0 nitrogen and oxygen atoms in total. The number of hydrogen-bond donors (Lipinski definition) is 1. The second-order valence-electron chi connectivity index (χ2n) is 4.71. The van der Waals surface area contributed by atoms with E-state index >= 15 is 0 Å². The van der Waals surface area contributed by atoms with E-state index in [2.05, 4.69) is 74.1 Å². The Balaban J connectivity index is 0.000000161. The maximum atomic E-state index is 4.28. The van der Waals surface area contributed by atoms with Crippen LogP contribution in [-0.2, 0) is 6.42 Å². The van der Waals surface area contributed by atoms with Crippen LogP contribution in [0.4, 0.5) is 0 Å². The van der Waals surface area contributed by atoms with Gasteiger partial charge in [-0.25, -0.2) is 0 Å². The molecule has 0 fully saturated rings. The second kappa shape index (κ2) is 8.33. The molecule has 0 atom stereocenters. The van der Waals surface area contributed by atoms with Gasteiger partial charge in [-0.3, -0.25) is 0 Å². The van der Waals surface area contributed by atoms with Crippen LogP contribution in [0, 0.1) is 0 Å². The van der Waals surface area contributed by atoms with Gasteiger partial charge in [-0.2, -0.15) is 0 Å². The summed E-state index contributed by atoms with van der Waals surface area (Å²) in [7, 11) is 0. The summed E-state index contributed by atoms with van der Waals surface area (Å²) in [5, 5.41) is 0. The summed E-state index contributed by atoms with van der Waals surface area (Å²) in [6.07, 6.45) is 1.07. The molecule has 0 N–H and O–H groups in total. The van der Waals surface area contributed by atoms with Gasteiger partial charge in [-0.1, -0.05) is 85.8 Å². The molecule has 21 heavy (non-hydrogen) atoms. The summed E-state index contributed by atoms with van der Waals surface area (Å²) in [6, 6.07) is 28.9. The Morgan fingerprint density at radius 1 is 0.619 bits per heavy atom. The molecule has 3 aromatic rings. The van der Waals surface area contributed by atoms with Crippen LogP contribution < -0.4 is 0 Å². The van der Waals surface area contributed by atoms with Crippen molar-refractivity contribution in [3.8, 4) is 11.1 Å². The summed E-state index contributed by atoms with van der Waals surface area (Å²) in [6.45, 7) is 2.13. The molecular weight excluding hydrogens is 272 g/mol. The summed E-state index contributed by atoms with van der Waals surface area (Å²) >= 11 is 4.28. The minimum Gasteiger partial charge on any atom is -0.143 e. The van der Waals surface area contributed by atoms with E-state index in [0.717, 1.165) is 11.3 Å². The lowest BCUT2D eigenvalue weighted by molar-refractivity contribution is 1.09. The van der Waals surface area contributed by atoms with Crippen LogP contribution in [0.3, 0.4) is 0 Å². The van der Waals surface area contributed by atoms with Crippen LogP contribution >= 0.6 is 12.6 Å². The van der Waals surface area contributed by atoms with E-state index in [4.69, 9.17) is 0 Å². The zero-order valence-electron chi connectivity index (χ0n) is 12.2. The van der Waals surface area contributed by atoms with Crippen molar-refractivity contribution in [1.29, 1.82) is 0 Å². The first kappa shape index (κ1) is 15.4. The summed E-state index contributed by atoms with van der Waals surface area (Å²) < 4.78 is 0. The van der Waals surface area contributed by atoms with Gasteiger partial charge < -0.3 is 0 Å². The number of hydrogen-bond acceptors (Lipinski definition) is 1. The molecule has 0 aliphatic rings. The molecule has 0 saturated carbocycles. The van der Waals surface area contributed by atoms with E-state index in [1.807, 2.05) is 30.3 Å². The molecular formula is C20H20S. The number of benzene rings is 3. The fourth-order valence-corrected chi connectivity index (χ4v) is 2.39. The Bertz CT molecular complexity index is 607. The molecule has 106 valence electrons. The molecule has 0 aliphatic heterocycles. The largest absolute Gasteiger partial charge is 0.143 e.